The van der Waals surface area contributed by atoms with Gasteiger partial charge >= 0.3 is 5.91 Å². The van der Waals surface area contributed by atoms with E-state index in [0.29, 0.717) is 33.6 Å². The summed E-state index contributed by atoms with van der Waals surface area (Å²) in [5, 5.41) is 20.0. The Morgan fingerprint density at radius 2 is 1.90 bits per heavy atom. The first kappa shape index (κ1) is 19.8. The Morgan fingerprint density at radius 3 is 2.57 bits per heavy atom. The number of Topliss-reactive ketones (excluding diaryl/α,β-unsaturated/α-hetero) is 1. The van der Waals surface area contributed by atoms with E-state index in [2.05, 4.69) is 10.2 Å². The first-order valence-electron chi connectivity index (χ1n) is 9.40. The summed E-state index contributed by atoms with van der Waals surface area (Å²) in [7, 11) is 0. The highest BCUT2D eigenvalue weighted by molar-refractivity contribution is 7.15. The molecule has 30 heavy (non-hydrogen) atoms. The van der Waals surface area contributed by atoms with Crippen LogP contribution in [-0.2, 0) is 9.59 Å². The highest BCUT2D eigenvalue weighted by Gasteiger charge is 2.48. The number of hydrogen-bond acceptors (Lipinski definition) is 7. The van der Waals surface area contributed by atoms with Gasteiger partial charge in [0.2, 0.25) is 5.13 Å². The summed E-state index contributed by atoms with van der Waals surface area (Å²) in [5.74, 6) is -1.15. The second kappa shape index (κ2) is 8.08. The van der Waals surface area contributed by atoms with Crippen molar-refractivity contribution in [3.63, 3.8) is 0 Å². The van der Waals surface area contributed by atoms with Gasteiger partial charge in [0.15, 0.2) is 0 Å². The van der Waals surface area contributed by atoms with Crippen LogP contribution in [0, 0.1) is 6.92 Å². The minimum absolute atomic E-state index is 0.00713. The molecule has 1 atom stereocenters. The smallest absolute Gasteiger partial charge is 0.301 e. The molecule has 1 fully saturated rings. The summed E-state index contributed by atoms with van der Waals surface area (Å²) in [4.78, 5) is 27.3. The predicted octanol–water partition coefficient (Wildman–Crippen LogP) is 3.87. The largest absolute Gasteiger partial charge is 0.507 e. The van der Waals surface area contributed by atoms with Crippen molar-refractivity contribution >= 4 is 33.9 Å². The van der Waals surface area contributed by atoms with Gasteiger partial charge in [0.25, 0.3) is 5.78 Å². The number of anilines is 1. The number of ketones is 1. The molecule has 152 valence electrons. The van der Waals surface area contributed by atoms with Crippen molar-refractivity contribution in [2.24, 2.45) is 0 Å². The zero-order chi connectivity index (χ0) is 21.3. The van der Waals surface area contributed by atoms with Crippen molar-refractivity contribution < 1.29 is 19.4 Å². The van der Waals surface area contributed by atoms with Crippen LogP contribution in [0.3, 0.4) is 0 Å². The maximum absolute atomic E-state index is 13.0. The number of aliphatic hydroxyl groups excluding tert-OH is 1. The molecule has 3 aromatic rings. The molecular formula is C22H19N3O4S. The fourth-order valence-electron chi connectivity index (χ4n) is 3.42. The average Bonchev–Trinajstić information content (AvgIpc) is 3.29. The lowest BCUT2D eigenvalue weighted by atomic mass is 9.95. The molecule has 1 saturated heterocycles. The van der Waals surface area contributed by atoms with Crippen LogP contribution in [0.4, 0.5) is 5.13 Å². The molecule has 0 radical (unpaired) electrons. The van der Waals surface area contributed by atoms with Gasteiger partial charge in [0.1, 0.15) is 16.5 Å². The number of hydrogen-bond donors (Lipinski definition) is 1. The van der Waals surface area contributed by atoms with Crippen LogP contribution in [0.2, 0.25) is 0 Å². The molecule has 7 nitrogen and oxygen atoms in total. The number of aryl methyl sites for hydroxylation is 1. The molecule has 1 amide bonds. The number of rotatable bonds is 5. The minimum Gasteiger partial charge on any atom is -0.507 e. The van der Waals surface area contributed by atoms with Gasteiger partial charge in [0, 0.05) is 5.56 Å². The number of nitrogens with zero attached hydrogens (tertiary/aromatic N) is 3. The molecule has 1 N–H and O–H groups in total. The average molecular weight is 421 g/mol. The molecular weight excluding hydrogens is 402 g/mol. The number of carbonyl (C=O) groups is 2. The number of benzene rings is 2. The molecule has 2 heterocycles. The van der Waals surface area contributed by atoms with Crippen LogP contribution < -0.4 is 9.64 Å². The number of amides is 1. The van der Waals surface area contributed by atoms with E-state index in [0.717, 1.165) is 0 Å². The summed E-state index contributed by atoms with van der Waals surface area (Å²) in [6, 6.07) is 15.0. The highest BCUT2D eigenvalue weighted by atomic mass is 32.1. The minimum atomic E-state index is -0.849. The fraction of sp³-hybridized carbons (Fsp3) is 0.182. The van der Waals surface area contributed by atoms with E-state index in [4.69, 9.17) is 4.74 Å². The number of carbonyl (C=O) groups excluding carboxylic acids is 2. The Balaban J connectivity index is 1.93. The normalized spacial score (nSPS) is 18.1. The Kier molecular flexibility index (Phi) is 5.33. The van der Waals surface area contributed by atoms with Gasteiger partial charge in [-0.15, -0.1) is 10.2 Å². The van der Waals surface area contributed by atoms with Crippen LogP contribution in [0.15, 0.2) is 60.2 Å². The summed E-state index contributed by atoms with van der Waals surface area (Å²) < 4.78 is 5.59. The molecule has 0 spiro atoms. The highest BCUT2D eigenvalue weighted by Crippen LogP contribution is 2.43. The van der Waals surface area contributed by atoms with Gasteiger partial charge in [-0.25, -0.2) is 0 Å². The first-order valence-corrected chi connectivity index (χ1v) is 10.2. The Labute approximate surface area is 177 Å². The molecule has 0 saturated carbocycles. The third-order valence-electron chi connectivity index (χ3n) is 4.70. The topological polar surface area (TPSA) is 92.6 Å². The Morgan fingerprint density at radius 1 is 1.13 bits per heavy atom. The fourth-order valence-corrected chi connectivity index (χ4v) is 4.14. The number of aliphatic hydroxyl groups is 1. The van der Waals surface area contributed by atoms with E-state index < -0.39 is 17.7 Å². The molecule has 1 aromatic heterocycles. The molecule has 4 rings (SSSR count). The van der Waals surface area contributed by atoms with Gasteiger partial charge in [0.05, 0.1) is 18.2 Å². The predicted molar refractivity (Wildman–Crippen MR) is 113 cm³/mol. The van der Waals surface area contributed by atoms with Crippen molar-refractivity contribution in [2.75, 3.05) is 11.5 Å². The van der Waals surface area contributed by atoms with Gasteiger partial charge in [-0.2, -0.15) is 0 Å². The zero-order valence-corrected chi connectivity index (χ0v) is 17.2. The summed E-state index contributed by atoms with van der Waals surface area (Å²) >= 11 is 1.21. The van der Waals surface area contributed by atoms with E-state index in [1.807, 2.05) is 13.0 Å². The van der Waals surface area contributed by atoms with Gasteiger partial charge in [-0.05, 0) is 31.5 Å². The molecule has 1 aliphatic heterocycles. The SMILES string of the molecule is CCOc1cccc(C2C(=C(O)c3ccccc3)C(=O)C(=O)N2c2nnc(C)s2)c1. The van der Waals surface area contributed by atoms with Gasteiger partial charge in [-0.3, -0.25) is 14.5 Å². The lowest BCUT2D eigenvalue weighted by Gasteiger charge is -2.23. The second-order valence-electron chi connectivity index (χ2n) is 6.64. The molecule has 8 heteroatoms. The third-order valence-corrected chi connectivity index (χ3v) is 5.54. The lowest BCUT2D eigenvalue weighted by Crippen LogP contribution is -2.29. The van der Waals surface area contributed by atoms with E-state index >= 15 is 0 Å². The lowest BCUT2D eigenvalue weighted by molar-refractivity contribution is -0.132. The van der Waals surface area contributed by atoms with Crippen molar-refractivity contribution in [2.45, 2.75) is 19.9 Å². The second-order valence-corrected chi connectivity index (χ2v) is 7.80. The van der Waals surface area contributed by atoms with E-state index in [-0.39, 0.29) is 11.3 Å². The molecule has 1 aliphatic rings. The Bertz CT molecular complexity index is 1140. The van der Waals surface area contributed by atoms with Crippen molar-refractivity contribution in [1.82, 2.24) is 10.2 Å². The van der Waals surface area contributed by atoms with Gasteiger partial charge in [-0.1, -0.05) is 53.8 Å². The van der Waals surface area contributed by atoms with Gasteiger partial charge < -0.3 is 9.84 Å². The molecule has 0 bridgehead atoms. The molecule has 2 aromatic carbocycles. The van der Waals surface area contributed by atoms with E-state index in [9.17, 15) is 14.7 Å². The van der Waals surface area contributed by atoms with Crippen molar-refractivity contribution in [3.8, 4) is 5.75 Å². The maximum atomic E-state index is 13.0. The van der Waals surface area contributed by atoms with Crippen molar-refractivity contribution in [3.05, 3.63) is 76.3 Å². The molecule has 0 aliphatic carbocycles. The first-order chi connectivity index (χ1) is 14.5. The van der Waals surface area contributed by atoms with Crippen LogP contribution in [0.25, 0.3) is 5.76 Å². The summed E-state index contributed by atoms with van der Waals surface area (Å²) in [5.41, 5.74) is 1.09. The standard InChI is InChI=1S/C22H19N3O4S/c1-3-29-16-11-7-10-15(12-16)18-17(19(26)14-8-5-4-6-9-14)20(27)21(28)25(18)22-24-23-13(2)30-22/h4-12,18,26H,3H2,1-2H3. The van der Waals surface area contributed by atoms with E-state index in [1.54, 1.807) is 55.5 Å². The van der Waals surface area contributed by atoms with Crippen LogP contribution in [-0.4, -0.2) is 33.6 Å². The summed E-state index contributed by atoms with van der Waals surface area (Å²) in [6.45, 7) is 4.12. The van der Waals surface area contributed by atoms with Crippen LogP contribution in [0.5, 0.6) is 5.75 Å². The third kappa shape index (κ3) is 3.46. The van der Waals surface area contributed by atoms with E-state index in [1.165, 1.54) is 16.2 Å². The number of ether oxygens (including phenoxy) is 1. The zero-order valence-electron chi connectivity index (χ0n) is 16.4. The van der Waals surface area contributed by atoms with Crippen LogP contribution >= 0.6 is 11.3 Å². The summed E-state index contributed by atoms with van der Waals surface area (Å²) in [6.07, 6.45) is 0. The Hall–Kier alpha value is -3.52. The van der Waals surface area contributed by atoms with Crippen molar-refractivity contribution in [1.29, 1.82) is 0 Å². The van der Waals surface area contributed by atoms with Crippen LogP contribution in [0.1, 0.15) is 29.1 Å². The monoisotopic (exact) mass is 421 g/mol. The maximum Gasteiger partial charge on any atom is 0.301 e. The quantitative estimate of drug-likeness (QED) is 0.382. The number of aromatic nitrogens is 2. The molecule has 1 unspecified atom stereocenters.